The predicted octanol–water partition coefficient (Wildman–Crippen LogP) is 3.24. The zero-order chi connectivity index (χ0) is 20.6. The SMILES string of the molecule is O=C(c1cccc(=O)[nH]1)N1CCC(c2ccccc2)(c2cn3ccccc3n2)CC1. The molecule has 1 aliphatic rings. The van der Waals surface area contributed by atoms with Crippen LogP contribution in [0.25, 0.3) is 5.65 Å². The highest BCUT2D eigenvalue weighted by atomic mass is 16.2. The topological polar surface area (TPSA) is 70.5 Å². The number of nitrogens with zero attached hydrogens (tertiary/aromatic N) is 3. The average Bonchev–Trinajstić information content (AvgIpc) is 3.24. The van der Waals surface area contributed by atoms with Gasteiger partial charge in [-0.15, -0.1) is 0 Å². The summed E-state index contributed by atoms with van der Waals surface area (Å²) in [5, 5.41) is 0. The number of H-pyrrole nitrogens is 1. The highest BCUT2D eigenvalue weighted by molar-refractivity contribution is 5.92. The number of carbonyl (C=O) groups excluding carboxylic acids is 1. The molecule has 0 atom stereocenters. The van der Waals surface area contributed by atoms with Crippen molar-refractivity contribution in [2.45, 2.75) is 18.3 Å². The van der Waals surface area contributed by atoms with E-state index in [0.717, 1.165) is 24.2 Å². The van der Waals surface area contributed by atoms with Crippen molar-refractivity contribution in [3.63, 3.8) is 0 Å². The predicted molar refractivity (Wildman–Crippen MR) is 115 cm³/mol. The molecule has 150 valence electrons. The highest BCUT2D eigenvalue weighted by Gasteiger charge is 2.41. The number of piperidine rings is 1. The smallest absolute Gasteiger partial charge is 0.270 e. The van der Waals surface area contributed by atoms with Gasteiger partial charge in [0.25, 0.3) is 5.91 Å². The molecule has 0 saturated carbocycles. The van der Waals surface area contributed by atoms with E-state index in [1.165, 1.54) is 11.6 Å². The third kappa shape index (κ3) is 3.10. The molecule has 0 unspecified atom stereocenters. The number of aromatic amines is 1. The Morgan fingerprint density at radius 1 is 0.933 bits per heavy atom. The van der Waals surface area contributed by atoms with Crippen LogP contribution in [0.1, 0.15) is 34.6 Å². The molecular weight excluding hydrogens is 376 g/mol. The molecule has 1 saturated heterocycles. The van der Waals surface area contributed by atoms with Crippen molar-refractivity contribution in [2.24, 2.45) is 0 Å². The molecule has 30 heavy (non-hydrogen) atoms. The monoisotopic (exact) mass is 398 g/mol. The molecule has 1 aromatic carbocycles. The van der Waals surface area contributed by atoms with E-state index in [-0.39, 0.29) is 16.9 Å². The summed E-state index contributed by atoms with van der Waals surface area (Å²) in [5.74, 6) is -0.135. The number of fused-ring (bicyclic) bond motifs is 1. The summed E-state index contributed by atoms with van der Waals surface area (Å²) in [6.07, 6.45) is 5.65. The van der Waals surface area contributed by atoms with Crippen molar-refractivity contribution in [3.8, 4) is 0 Å². The van der Waals surface area contributed by atoms with Gasteiger partial charge in [-0.05, 0) is 36.6 Å². The molecule has 4 heterocycles. The van der Waals surface area contributed by atoms with Crippen LogP contribution in [0.2, 0.25) is 0 Å². The van der Waals surface area contributed by atoms with E-state index in [9.17, 15) is 9.59 Å². The number of carbonyl (C=O) groups is 1. The van der Waals surface area contributed by atoms with E-state index in [0.29, 0.717) is 18.8 Å². The first-order valence-corrected chi connectivity index (χ1v) is 10.1. The number of imidazole rings is 1. The van der Waals surface area contributed by atoms with Crippen LogP contribution >= 0.6 is 0 Å². The molecule has 6 heteroatoms. The Bertz CT molecular complexity index is 1220. The van der Waals surface area contributed by atoms with Crippen molar-refractivity contribution in [2.75, 3.05) is 13.1 Å². The average molecular weight is 398 g/mol. The molecule has 1 N–H and O–H groups in total. The summed E-state index contributed by atoms with van der Waals surface area (Å²) in [4.78, 5) is 33.9. The standard InChI is InChI=1S/C24H22N4O2/c29-22-11-6-9-19(25-22)23(30)27-15-12-24(13-16-27,18-7-2-1-3-8-18)20-17-28-14-5-4-10-21(28)26-20/h1-11,14,17H,12-13,15-16H2,(H,25,29). The Morgan fingerprint density at radius 3 is 2.43 bits per heavy atom. The number of likely N-dealkylation sites (tertiary alicyclic amines) is 1. The fourth-order valence-corrected chi connectivity index (χ4v) is 4.45. The maximum atomic E-state index is 12.9. The molecule has 6 nitrogen and oxygen atoms in total. The van der Waals surface area contributed by atoms with Gasteiger partial charge in [-0.25, -0.2) is 4.98 Å². The second kappa shape index (κ2) is 7.30. The number of pyridine rings is 2. The van der Waals surface area contributed by atoms with Crippen LogP contribution in [0, 0.1) is 0 Å². The fourth-order valence-electron chi connectivity index (χ4n) is 4.45. The van der Waals surface area contributed by atoms with Crippen LogP contribution in [0.15, 0.2) is 83.9 Å². The van der Waals surface area contributed by atoms with Gasteiger partial charge in [0.05, 0.1) is 5.69 Å². The van der Waals surface area contributed by atoms with Crippen molar-refractivity contribution in [1.29, 1.82) is 0 Å². The van der Waals surface area contributed by atoms with Crippen molar-refractivity contribution >= 4 is 11.6 Å². The Morgan fingerprint density at radius 2 is 1.70 bits per heavy atom. The van der Waals surface area contributed by atoms with Gasteiger partial charge in [0, 0.05) is 37.0 Å². The Labute approximate surface area is 173 Å². The summed E-state index contributed by atoms with van der Waals surface area (Å²) in [6.45, 7) is 1.19. The molecule has 0 bridgehead atoms. The molecule has 5 rings (SSSR count). The first-order chi connectivity index (χ1) is 14.7. The quantitative estimate of drug-likeness (QED) is 0.576. The third-order valence-electron chi connectivity index (χ3n) is 6.08. The lowest BCUT2D eigenvalue weighted by molar-refractivity contribution is 0.0678. The minimum Gasteiger partial charge on any atom is -0.337 e. The van der Waals surface area contributed by atoms with E-state index in [1.54, 1.807) is 12.1 Å². The largest absolute Gasteiger partial charge is 0.337 e. The van der Waals surface area contributed by atoms with Gasteiger partial charge >= 0.3 is 0 Å². The van der Waals surface area contributed by atoms with Gasteiger partial charge < -0.3 is 14.3 Å². The maximum Gasteiger partial charge on any atom is 0.270 e. The maximum absolute atomic E-state index is 12.9. The van der Waals surface area contributed by atoms with Gasteiger partial charge in [0.1, 0.15) is 11.3 Å². The van der Waals surface area contributed by atoms with Crippen molar-refractivity contribution in [3.05, 3.63) is 106 Å². The van der Waals surface area contributed by atoms with Gasteiger partial charge in [-0.3, -0.25) is 9.59 Å². The highest BCUT2D eigenvalue weighted by Crippen LogP contribution is 2.41. The molecule has 0 spiro atoms. The van der Waals surface area contributed by atoms with Crippen molar-refractivity contribution < 1.29 is 4.79 Å². The van der Waals surface area contributed by atoms with Gasteiger partial charge in [-0.1, -0.05) is 42.5 Å². The fraction of sp³-hybridized carbons (Fsp3) is 0.208. The van der Waals surface area contributed by atoms with Crippen LogP contribution in [0.5, 0.6) is 0 Å². The number of rotatable bonds is 3. The minimum absolute atomic E-state index is 0.135. The summed E-state index contributed by atoms with van der Waals surface area (Å²) >= 11 is 0. The minimum atomic E-state index is -0.263. The molecule has 1 amide bonds. The first-order valence-electron chi connectivity index (χ1n) is 10.1. The van der Waals surface area contributed by atoms with Crippen LogP contribution in [-0.2, 0) is 5.41 Å². The van der Waals surface area contributed by atoms with E-state index in [4.69, 9.17) is 4.98 Å². The lowest BCUT2D eigenvalue weighted by atomic mass is 9.70. The zero-order valence-electron chi connectivity index (χ0n) is 16.5. The second-order valence-corrected chi connectivity index (χ2v) is 7.76. The molecule has 4 aromatic rings. The normalized spacial score (nSPS) is 15.9. The molecular formula is C24H22N4O2. The number of amides is 1. The van der Waals surface area contributed by atoms with E-state index >= 15 is 0 Å². The molecule has 1 fully saturated rings. The number of hydrogen-bond acceptors (Lipinski definition) is 3. The van der Waals surface area contributed by atoms with E-state index in [1.807, 2.05) is 39.8 Å². The Kier molecular flexibility index (Phi) is 4.47. The summed E-state index contributed by atoms with van der Waals surface area (Å²) in [7, 11) is 0. The summed E-state index contributed by atoms with van der Waals surface area (Å²) < 4.78 is 2.05. The summed E-state index contributed by atoms with van der Waals surface area (Å²) in [6, 6.07) is 21.1. The Hall–Kier alpha value is -3.67. The first kappa shape index (κ1) is 18.4. The molecule has 1 aliphatic heterocycles. The van der Waals surface area contributed by atoms with E-state index in [2.05, 4.69) is 35.4 Å². The van der Waals surface area contributed by atoms with Crippen molar-refractivity contribution in [1.82, 2.24) is 19.3 Å². The van der Waals surface area contributed by atoms with Gasteiger partial charge in [0.15, 0.2) is 0 Å². The number of aromatic nitrogens is 3. The van der Waals surface area contributed by atoms with Crippen LogP contribution in [-0.4, -0.2) is 38.3 Å². The molecule has 3 aromatic heterocycles. The second-order valence-electron chi connectivity index (χ2n) is 7.76. The number of nitrogens with one attached hydrogen (secondary N) is 1. The number of benzene rings is 1. The van der Waals surface area contributed by atoms with Gasteiger partial charge in [0.2, 0.25) is 5.56 Å². The Balaban J connectivity index is 1.49. The zero-order valence-corrected chi connectivity index (χ0v) is 16.5. The summed E-state index contributed by atoms with van der Waals surface area (Å²) in [5.41, 5.74) is 2.98. The van der Waals surface area contributed by atoms with Crippen LogP contribution in [0.4, 0.5) is 0 Å². The third-order valence-corrected chi connectivity index (χ3v) is 6.08. The molecule has 0 radical (unpaired) electrons. The van der Waals surface area contributed by atoms with Crippen LogP contribution in [0.3, 0.4) is 0 Å². The lowest BCUT2D eigenvalue weighted by Crippen LogP contribution is -2.46. The lowest BCUT2D eigenvalue weighted by Gasteiger charge is -2.41. The van der Waals surface area contributed by atoms with E-state index < -0.39 is 0 Å². The number of hydrogen-bond donors (Lipinski definition) is 1. The molecule has 0 aliphatic carbocycles. The van der Waals surface area contributed by atoms with Crippen LogP contribution < -0.4 is 5.56 Å². The van der Waals surface area contributed by atoms with Gasteiger partial charge in [-0.2, -0.15) is 0 Å².